The summed E-state index contributed by atoms with van der Waals surface area (Å²) < 4.78 is 5.15. The number of hydrogen-bond acceptors (Lipinski definition) is 4. The first kappa shape index (κ1) is 15.3. The minimum absolute atomic E-state index is 0.117. The van der Waals surface area contributed by atoms with Crippen LogP contribution in [0.25, 0.3) is 0 Å². The summed E-state index contributed by atoms with van der Waals surface area (Å²) in [6.07, 6.45) is -0.492. The predicted octanol–water partition coefficient (Wildman–Crippen LogP) is 1.03. The van der Waals surface area contributed by atoms with E-state index in [2.05, 4.69) is 0 Å². The van der Waals surface area contributed by atoms with E-state index in [0.717, 1.165) is 0 Å². The minimum Gasteiger partial charge on any atom is -0.481 e. The second-order valence-electron chi connectivity index (χ2n) is 5.60. The van der Waals surface area contributed by atoms with Gasteiger partial charge < -0.3 is 19.8 Å². The molecule has 2 atom stereocenters. The lowest BCUT2D eigenvalue weighted by molar-refractivity contribution is -0.156. The third-order valence-electron chi connectivity index (χ3n) is 2.90. The molecule has 1 aliphatic heterocycles. The Labute approximate surface area is 111 Å². The van der Waals surface area contributed by atoms with Gasteiger partial charge >= 0.3 is 18.0 Å². The number of carbonyl (C=O) groups excluding carboxylic acids is 1. The number of carboxylic acids is 2. The van der Waals surface area contributed by atoms with Crippen molar-refractivity contribution >= 4 is 18.0 Å². The normalized spacial score (nSPS) is 23.8. The van der Waals surface area contributed by atoms with E-state index in [0.29, 0.717) is 0 Å². The number of nitrogens with zero attached hydrogens (tertiary/aromatic N) is 1. The number of likely N-dealkylation sites (tertiary alicyclic amines) is 1. The van der Waals surface area contributed by atoms with Gasteiger partial charge in [0.25, 0.3) is 0 Å². The Morgan fingerprint density at radius 2 is 1.63 bits per heavy atom. The minimum atomic E-state index is -1.21. The highest BCUT2D eigenvalue weighted by atomic mass is 16.6. The first-order valence-corrected chi connectivity index (χ1v) is 6.05. The van der Waals surface area contributed by atoms with Gasteiger partial charge in [0.1, 0.15) is 5.60 Å². The van der Waals surface area contributed by atoms with Crippen LogP contribution in [0.1, 0.15) is 27.2 Å². The Morgan fingerprint density at radius 1 is 1.11 bits per heavy atom. The van der Waals surface area contributed by atoms with Crippen LogP contribution in [-0.4, -0.2) is 51.8 Å². The van der Waals surface area contributed by atoms with Crippen molar-refractivity contribution in [3.8, 4) is 0 Å². The maximum absolute atomic E-state index is 11.8. The van der Waals surface area contributed by atoms with Gasteiger partial charge in [0, 0.05) is 13.1 Å². The molecule has 0 unspecified atom stereocenters. The van der Waals surface area contributed by atoms with Gasteiger partial charge in [-0.1, -0.05) is 0 Å². The smallest absolute Gasteiger partial charge is 0.410 e. The molecule has 1 saturated heterocycles. The van der Waals surface area contributed by atoms with Gasteiger partial charge in [-0.2, -0.15) is 0 Å². The van der Waals surface area contributed by atoms with Crippen molar-refractivity contribution in [3.05, 3.63) is 0 Å². The number of ether oxygens (including phenoxy) is 1. The van der Waals surface area contributed by atoms with Gasteiger partial charge in [-0.15, -0.1) is 0 Å². The van der Waals surface area contributed by atoms with Crippen molar-refractivity contribution in [1.82, 2.24) is 4.90 Å². The van der Waals surface area contributed by atoms with Gasteiger partial charge in [0.15, 0.2) is 0 Å². The van der Waals surface area contributed by atoms with Gasteiger partial charge in [-0.25, -0.2) is 4.79 Å². The molecule has 1 rings (SSSR count). The van der Waals surface area contributed by atoms with Gasteiger partial charge in [0.05, 0.1) is 11.8 Å². The molecule has 0 aromatic rings. The van der Waals surface area contributed by atoms with E-state index in [4.69, 9.17) is 14.9 Å². The second-order valence-corrected chi connectivity index (χ2v) is 5.60. The first-order valence-electron chi connectivity index (χ1n) is 6.05. The third-order valence-corrected chi connectivity index (χ3v) is 2.90. The SMILES string of the molecule is CC(C)(C)OC(=O)N1CC[C@@H](C(=O)O)[C@H](C(=O)O)C1. The molecule has 1 fully saturated rings. The van der Waals surface area contributed by atoms with Crippen LogP contribution < -0.4 is 0 Å². The summed E-state index contributed by atoms with van der Waals surface area (Å²) in [6.45, 7) is 5.19. The molecular weight excluding hydrogens is 254 g/mol. The Kier molecular flexibility index (Phi) is 4.39. The van der Waals surface area contributed by atoms with Crippen LogP contribution in [0.15, 0.2) is 0 Å². The Morgan fingerprint density at radius 3 is 2.05 bits per heavy atom. The standard InChI is InChI=1S/C12H19NO6/c1-12(2,3)19-11(18)13-5-4-7(9(14)15)8(6-13)10(16)17/h7-8H,4-6H2,1-3H3,(H,14,15)(H,16,17)/t7-,8-/m1/s1. The topological polar surface area (TPSA) is 104 Å². The monoisotopic (exact) mass is 273 g/mol. The van der Waals surface area contributed by atoms with Crippen molar-refractivity contribution < 1.29 is 29.3 Å². The summed E-state index contributed by atoms with van der Waals surface area (Å²) in [7, 11) is 0. The average molecular weight is 273 g/mol. The summed E-state index contributed by atoms with van der Waals surface area (Å²) in [5, 5.41) is 18.0. The number of rotatable bonds is 2. The van der Waals surface area contributed by atoms with E-state index in [1.54, 1.807) is 20.8 Å². The lowest BCUT2D eigenvalue weighted by atomic mass is 9.86. The number of carbonyl (C=O) groups is 3. The highest BCUT2D eigenvalue weighted by Crippen LogP contribution is 2.25. The molecule has 0 bridgehead atoms. The van der Waals surface area contributed by atoms with Crippen molar-refractivity contribution in [3.63, 3.8) is 0 Å². The molecule has 0 aliphatic carbocycles. The van der Waals surface area contributed by atoms with E-state index in [1.807, 2.05) is 0 Å². The van der Waals surface area contributed by atoms with Crippen LogP contribution in [0.4, 0.5) is 4.79 Å². The molecular formula is C12H19NO6. The number of aliphatic carboxylic acids is 2. The third kappa shape index (κ3) is 4.11. The van der Waals surface area contributed by atoms with Gasteiger partial charge in [-0.3, -0.25) is 9.59 Å². The van der Waals surface area contributed by atoms with E-state index in [9.17, 15) is 14.4 Å². The van der Waals surface area contributed by atoms with E-state index < -0.39 is 35.5 Å². The number of carboxylic acid groups (broad SMARTS) is 2. The van der Waals surface area contributed by atoms with Crippen LogP contribution >= 0.6 is 0 Å². The van der Waals surface area contributed by atoms with Crippen LogP contribution in [0.3, 0.4) is 0 Å². The summed E-state index contributed by atoms with van der Waals surface area (Å²) in [5.41, 5.74) is -0.667. The molecule has 2 N–H and O–H groups in total. The highest BCUT2D eigenvalue weighted by Gasteiger charge is 2.41. The fraction of sp³-hybridized carbons (Fsp3) is 0.750. The zero-order chi connectivity index (χ0) is 14.8. The van der Waals surface area contributed by atoms with E-state index in [1.165, 1.54) is 4.90 Å². The Hall–Kier alpha value is -1.79. The fourth-order valence-corrected chi connectivity index (χ4v) is 1.99. The maximum Gasteiger partial charge on any atom is 0.410 e. The Balaban J connectivity index is 2.74. The molecule has 0 aromatic carbocycles. The molecule has 1 heterocycles. The van der Waals surface area contributed by atoms with Crippen LogP contribution in [0.2, 0.25) is 0 Å². The van der Waals surface area contributed by atoms with Crippen LogP contribution in [-0.2, 0) is 14.3 Å². The predicted molar refractivity (Wildman–Crippen MR) is 64.7 cm³/mol. The molecule has 1 aliphatic rings. The lowest BCUT2D eigenvalue weighted by Crippen LogP contribution is -2.49. The zero-order valence-electron chi connectivity index (χ0n) is 11.3. The highest BCUT2D eigenvalue weighted by molar-refractivity contribution is 5.81. The molecule has 1 amide bonds. The van der Waals surface area contributed by atoms with Crippen molar-refractivity contribution in [2.24, 2.45) is 11.8 Å². The summed E-state index contributed by atoms with van der Waals surface area (Å²) in [4.78, 5) is 35.1. The van der Waals surface area contributed by atoms with E-state index in [-0.39, 0.29) is 19.5 Å². The first-order chi connectivity index (χ1) is 8.61. The molecule has 0 aromatic heterocycles. The van der Waals surface area contributed by atoms with Gasteiger partial charge in [-0.05, 0) is 27.2 Å². The lowest BCUT2D eigenvalue weighted by Gasteiger charge is -2.35. The Bertz CT molecular complexity index is 386. The number of piperidine rings is 1. The van der Waals surface area contributed by atoms with Crippen LogP contribution in [0.5, 0.6) is 0 Å². The maximum atomic E-state index is 11.8. The molecule has 7 nitrogen and oxygen atoms in total. The summed E-state index contributed by atoms with van der Waals surface area (Å²) in [5.74, 6) is -4.41. The fourth-order valence-electron chi connectivity index (χ4n) is 1.99. The van der Waals surface area contributed by atoms with Crippen LogP contribution in [0, 0.1) is 11.8 Å². The summed E-state index contributed by atoms with van der Waals surface area (Å²) >= 11 is 0. The molecule has 19 heavy (non-hydrogen) atoms. The average Bonchev–Trinajstić information content (AvgIpc) is 2.25. The van der Waals surface area contributed by atoms with E-state index >= 15 is 0 Å². The van der Waals surface area contributed by atoms with Crippen molar-refractivity contribution in [1.29, 1.82) is 0 Å². The molecule has 0 spiro atoms. The quantitative estimate of drug-likeness (QED) is 0.778. The number of hydrogen-bond donors (Lipinski definition) is 2. The molecule has 0 radical (unpaired) electrons. The molecule has 7 heteroatoms. The van der Waals surface area contributed by atoms with Crippen molar-refractivity contribution in [2.75, 3.05) is 13.1 Å². The second kappa shape index (κ2) is 5.46. The molecule has 108 valence electrons. The van der Waals surface area contributed by atoms with Crippen molar-refractivity contribution in [2.45, 2.75) is 32.8 Å². The summed E-state index contributed by atoms with van der Waals surface area (Å²) in [6, 6.07) is 0. The number of amides is 1. The zero-order valence-corrected chi connectivity index (χ0v) is 11.3. The van der Waals surface area contributed by atoms with Gasteiger partial charge in [0.2, 0.25) is 0 Å². The molecule has 0 saturated carbocycles. The largest absolute Gasteiger partial charge is 0.481 e.